The van der Waals surface area contributed by atoms with E-state index in [-0.39, 0.29) is 5.82 Å². The largest absolute Gasteiger partial charge is 0.366 e. The lowest BCUT2D eigenvalue weighted by atomic mass is 10.0. The second kappa shape index (κ2) is 7.73. The molecular weight excluding hydrogens is 315 g/mol. The molecule has 0 aromatic heterocycles. The summed E-state index contributed by atoms with van der Waals surface area (Å²) < 4.78 is 12.9. The SMILES string of the molecule is NC(=O)c1cccc(-c2ccc(CNCc3ccc(F)cc3)cc2)c1. The van der Waals surface area contributed by atoms with Crippen LogP contribution in [0.25, 0.3) is 11.1 Å². The predicted octanol–water partition coefficient (Wildman–Crippen LogP) is 3.88. The maximum Gasteiger partial charge on any atom is 0.248 e. The van der Waals surface area contributed by atoms with Gasteiger partial charge in [-0.1, -0.05) is 48.5 Å². The van der Waals surface area contributed by atoms with Crippen LogP contribution >= 0.6 is 0 Å². The molecule has 3 nitrogen and oxygen atoms in total. The first-order valence-electron chi connectivity index (χ1n) is 8.06. The Morgan fingerprint density at radius 1 is 0.840 bits per heavy atom. The minimum atomic E-state index is -0.427. The summed E-state index contributed by atoms with van der Waals surface area (Å²) in [5.41, 5.74) is 10.0. The number of nitrogens with one attached hydrogen (secondary N) is 1. The van der Waals surface area contributed by atoms with Gasteiger partial charge < -0.3 is 11.1 Å². The summed E-state index contributed by atoms with van der Waals surface area (Å²) in [4.78, 5) is 11.3. The van der Waals surface area contributed by atoms with Crippen LogP contribution in [0, 0.1) is 5.82 Å². The van der Waals surface area contributed by atoms with E-state index in [9.17, 15) is 9.18 Å². The molecule has 0 atom stereocenters. The van der Waals surface area contributed by atoms with Crippen molar-refractivity contribution in [3.63, 3.8) is 0 Å². The Morgan fingerprint density at radius 3 is 2.04 bits per heavy atom. The van der Waals surface area contributed by atoms with Gasteiger partial charge in [0, 0.05) is 18.7 Å². The number of nitrogens with two attached hydrogens (primary N) is 1. The summed E-state index contributed by atoms with van der Waals surface area (Å²) in [5.74, 6) is -0.650. The van der Waals surface area contributed by atoms with E-state index in [2.05, 4.69) is 5.32 Å². The van der Waals surface area contributed by atoms with Crippen LogP contribution in [0.15, 0.2) is 72.8 Å². The van der Waals surface area contributed by atoms with E-state index in [4.69, 9.17) is 5.73 Å². The molecule has 0 unspecified atom stereocenters. The molecular formula is C21H19FN2O. The molecule has 0 fully saturated rings. The van der Waals surface area contributed by atoms with Gasteiger partial charge in [0.15, 0.2) is 0 Å². The molecule has 0 radical (unpaired) electrons. The van der Waals surface area contributed by atoms with Crippen LogP contribution < -0.4 is 11.1 Å². The van der Waals surface area contributed by atoms with Gasteiger partial charge >= 0.3 is 0 Å². The number of carbonyl (C=O) groups is 1. The average Bonchev–Trinajstić information content (AvgIpc) is 2.64. The lowest BCUT2D eigenvalue weighted by Gasteiger charge is -2.07. The van der Waals surface area contributed by atoms with Crippen LogP contribution in [-0.4, -0.2) is 5.91 Å². The Morgan fingerprint density at radius 2 is 1.44 bits per heavy atom. The van der Waals surface area contributed by atoms with E-state index in [1.165, 1.54) is 12.1 Å². The fourth-order valence-corrected chi connectivity index (χ4v) is 2.62. The molecule has 126 valence electrons. The number of benzene rings is 3. The first-order chi connectivity index (χ1) is 12.1. The van der Waals surface area contributed by atoms with Gasteiger partial charge in [-0.05, 0) is 46.5 Å². The molecule has 3 aromatic carbocycles. The van der Waals surface area contributed by atoms with Gasteiger partial charge in [0.05, 0.1) is 0 Å². The third kappa shape index (κ3) is 4.52. The minimum absolute atomic E-state index is 0.222. The van der Waals surface area contributed by atoms with Gasteiger partial charge in [-0.2, -0.15) is 0 Å². The molecule has 25 heavy (non-hydrogen) atoms. The van der Waals surface area contributed by atoms with E-state index in [0.29, 0.717) is 12.1 Å². The normalized spacial score (nSPS) is 10.6. The number of hydrogen-bond acceptors (Lipinski definition) is 2. The van der Waals surface area contributed by atoms with Crippen LogP contribution in [0.1, 0.15) is 21.5 Å². The molecule has 0 spiro atoms. The summed E-state index contributed by atoms with van der Waals surface area (Å²) in [6, 6.07) is 21.9. The topological polar surface area (TPSA) is 55.1 Å². The highest BCUT2D eigenvalue weighted by molar-refractivity contribution is 5.94. The maximum atomic E-state index is 12.9. The van der Waals surface area contributed by atoms with Crippen molar-refractivity contribution in [1.29, 1.82) is 0 Å². The maximum absolute atomic E-state index is 12.9. The molecule has 0 saturated heterocycles. The van der Waals surface area contributed by atoms with Crippen molar-refractivity contribution in [2.24, 2.45) is 5.73 Å². The second-order valence-electron chi connectivity index (χ2n) is 5.87. The van der Waals surface area contributed by atoms with Crippen LogP contribution in [-0.2, 0) is 13.1 Å². The number of amides is 1. The molecule has 3 N–H and O–H groups in total. The predicted molar refractivity (Wildman–Crippen MR) is 97.3 cm³/mol. The lowest BCUT2D eigenvalue weighted by molar-refractivity contribution is 0.100. The van der Waals surface area contributed by atoms with Crippen LogP contribution in [0.5, 0.6) is 0 Å². The van der Waals surface area contributed by atoms with Crippen molar-refractivity contribution in [3.05, 3.63) is 95.3 Å². The highest BCUT2D eigenvalue weighted by atomic mass is 19.1. The molecule has 3 rings (SSSR count). The molecule has 0 saturated carbocycles. The van der Waals surface area contributed by atoms with Crippen molar-refractivity contribution in [3.8, 4) is 11.1 Å². The second-order valence-corrected chi connectivity index (χ2v) is 5.87. The zero-order valence-electron chi connectivity index (χ0n) is 13.7. The fraction of sp³-hybridized carbons (Fsp3) is 0.0952. The highest BCUT2D eigenvalue weighted by Crippen LogP contribution is 2.21. The van der Waals surface area contributed by atoms with Crippen molar-refractivity contribution >= 4 is 5.91 Å². The molecule has 1 amide bonds. The first kappa shape index (κ1) is 16.9. The van der Waals surface area contributed by atoms with Crippen LogP contribution in [0.4, 0.5) is 4.39 Å². The minimum Gasteiger partial charge on any atom is -0.366 e. The van der Waals surface area contributed by atoms with Crippen LogP contribution in [0.2, 0.25) is 0 Å². The third-order valence-corrected chi connectivity index (χ3v) is 4.01. The van der Waals surface area contributed by atoms with E-state index in [1.807, 2.05) is 36.4 Å². The Balaban J connectivity index is 1.61. The van der Waals surface area contributed by atoms with E-state index < -0.39 is 5.91 Å². The van der Waals surface area contributed by atoms with Crippen molar-refractivity contribution < 1.29 is 9.18 Å². The third-order valence-electron chi connectivity index (χ3n) is 4.01. The van der Waals surface area contributed by atoms with Crippen molar-refractivity contribution in [2.75, 3.05) is 0 Å². The summed E-state index contributed by atoms with van der Waals surface area (Å²) >= 11 is 0. The zero-order chi connectivity index (χ0) is 17.6. The van der Waals surface area contributed by atoms with E-state index >= 15 is 0 Å². The van der Waals surface area contributed by atoms with E-state index in [0.717, 1.165) is 28.8 Å². The van der Waals surface area contributed by atoms with Crippen LogP contribution in [0.3, 0.4) is 0 Å². The van der Waals surface area contributed by atoms with Crippen molar-refractivity contribution in [1.82, 2.24) is 5.32 Å². The molecule has 0 bridgehead atoms. The summed E-state index contributed by atoms with van der Waals surface area (Å²) in [5, 5.41) is 3.34. The number of rotatable bonds is 6. The number of halogens is 1. The van der Waals surface area contributed by atoms with Gasteiger partial charge in [-0.25, -0.2) is 4.39 Å². The quantitative estimate of drug-likeness (QED) is 0.719. The van der Waals surface area contributed by atoms with Gasteiger partial charge in [0.2, 0.25) is 5.91 Å². The molecule has 0 aliphatic heterocycles. The Bertz CT molecular complexity index is 858. The summed E-state index contributed by atoms with van der Waals surface area (Å²) in [7, 11) is 0. The van der Waals surface area contributed by atoms with E-state index in [1.54, 1.807) is 24.3 Å². The summed E-state index contributed by atoms with van der Waals surface area (Å²) in [6.45, 7) is 1.40. The van der Waals surface area contributed by atoms with Gasteiger partial charge in [-0.15, -0.1) is 0 Å². The van der Waals surface area contributed by atoms with Crippen molar-refractivity contribution in [2.45, 2.75) is 13.1 Å². The molecule has 0 aliphatic rings. The van der Waals surface area contributed by atoms with Gasteiger partial charge in [0.1, 0.15) is 5.82 Å². The molecule has 0 heterocycles. The molecule has 4 heteroatoms. The standard InChI is InChI=1S/C21H19FN2O/c22-20-10-6-16(7-11-20)14-24-13-15-4-8-17(9-5-15)18-2-1-3-19(12-18)21(23)25/h1-12,24H,13-14H2,(H2,23,25). The number of hydrogen-bond donors (Lipinski definition) is 2. The summed E-state index contributed by atoms with van der Waals surface area (Å²) in [6.07, 6.45) is 0. The lowest BCUT2D eigenvalue weighted by Crippen LogP contribution is -2.12. The first-order valence-corrected chi connectivity index (χ1v) is 8.06. The Labute approximate surface area is 146 Å². The van der Waals surface area contributed by atoms with Gasteiger partial charge in [0.25, 0.3) is 0 Å². The number of primary amides is 1. The Kier molecular flexibility index (Phi) is 5.21. The average molecular weight is 334 g/mol. The molecule has 0 aliphatic carbocycles. The molecule has 3 aromatic rings. The fourth-order valence-electron chi connectivity index (χ4n) is 2.62. The Hall–Kier alpha value is -2.98. The smallest absolute Gasteiger partial charge is 0.248 e. The van der Waals surface area contributed by atoms with Gasteiger partial charge in [-0.3, -0.25) is 4.79 Å². The monoisotopic (exact) mass is 334 g/mol. The zero-order valence-corrected chi connectivity index (χ0v) is 13.7. The number of carbonyl (C=O) groups excluding carboxylic acids is 1. The highest BCUT2D eigenvalue weighted by Gasteiger charge is 2.03.